The van der Waals surface area contributed by atoms with Crippen molar-refractivity contribution in [2.75, 3.05) is 16.4 Å². The zero-order valence-corrected chi connectivity index (χ0v) is 17.3. The molecule has 0 amide bonds. The van der Waals surface area contributed by atoms with Crippen LogP contribution in [0, 0.1) is 0 Å². The Morgan fingerprint density at radius 1 is 1.14 bits per heavy atom. The van der Waals surface area contributed by atoms with Gasteiger partial charge in [-0.3, -0.25) is 4.99 Å². The van der Waals surface area contributed by atoms with E-state index in [0.717, 1.165) is 17.7 Å². The predicted octanol–water partition coefficient (Wildman–Crippen LogP) is 4.63. The third kappa shape index (κ3) is 4.27. The predicted molar refractivity (Wildman–Crippen MR) is 110 cm³/mol. The van der Waals surface area contributed by atoms with Gasteiger partial charge in [-0.15, -0.1) is 0 Å². The van der Waals surface area contributed by atoms with E-state index >= 15 is 0 Å². The lowest BCUT2D eigenvalue weighted by Crippen LogP contribution is -2.39. The second-order valence-corrected chi connectivity index (χ2v) is 10.4. The molecule has 2 aliphatic heterocycles. The lowest BCUT2D eigenvalue weighted by molar-refractivity contribution is -0.137. The molecule has 1 saturated heterocycles. The fourth-order valence-electron chi connectivity index (χ4n) is 3.51. The first kappa shape index (κ1) is 20.6. The van der Waals surface area contributed by atoms with E-state index in [-0.39, 0.29) is 22.2 Å². The Hall–Kier alpha value is -1.71. The van der Waals surface area contributed by atoms with Gasteiger partial charge in [-0.25, -0.2) is 8.42 Å². The van der Waals surface area contributed by atoms with E-state index < -0.39 is 33.7 Å². The first-order valence-electron chi connectivity index (χ1n) is 8.75. The van der Waals surface area contributed by atoms with Crippen molar-refractivity contribution in [1.29, 1.82) is 0 Å². The molecule has 0 unspecified atom stereocenters. The largest absolute Gasteiger partial charge is 0.416 e. The number of nitrogens with zero attached hydrogens (tertiary/aromatic N) is 2. The number of halogens is 4. The highest BCUT2D eigenvalue weighted by Gasteiger charge is 2.48. The molecule has 154 valence electrons. The van der Waals surface area contributed by atoms with E-state index in [1.54, 1.807) is 4.90 Å². The van der Waals surface area contributed by atoms with Crippen LogP contribution in [0.5, 0.6) is 0 Å². The standard InChI is InChI=1S/C19H16ClF3N2O2S2/c20-14-7-6-13(19(21,22)23)8-16(14)25-17-11-29(26,27)10-15(17)24-18(25)28-9-12-4-2-1-3-5-12/h1-8,15,17H,9-11H2/t15-,17-/m0/s1. The molecule has 2 aliphatic rings. The number of hydrogen-bond donors (Lipinski definition) is 0. The molecule has 0 aliphatic carbocycles. The van der Waals surface area contributed by atoms with Gasteiger partial charge in [0.2, 0.25) is 0 Å². The highest BCUT2D eigenvalue weighted by Crippen LogP contribution is 2.41. The number of sulfone groups is 1. The average molecular weight is 461 g/mol. The lowest BCUT2D eigenvalue weighted by atomic mass is 10.1. The minimum atomic E-state index is -4.53. The summed E-state index contributed by atoms with van der Waals surface area (Å²) in [5.74, 6) is 0.280. The Balaban J connectivity index is 1.71. The van der Waals surface area contributed by atoms with Gasteiger partial charge in [-0.2, -0.15) is 13.2 Å². The molecule has 2 aromatic carbocycles. The van der Waals surface area contributed by atoms with Crippen LogP contribution in [0.2, 0.25) is 5.02 Å². The van der Waals surface area contributed by atoms with Crippen LogP contribution >= 0.6 is 23.4 Å². The molecular weight excluding hydrogens is 445 g/mol. The number of amidine groups is 1. The highest BCUT2D eigenvalue weighted by molar-refractivity contribution is 8.13. The fourth-order valence-corrected chi connectivity index (χ4v) is 6.63. The van der Waals surface area contributed by atoms with Crippen molar-refractivity contribution >= 4 is 44.1 Å². The summed E-state index contributed by atoms with van der Waals surface area (Å²) < 4.78 is 64.0. The van der Waals surface area contributed by atoms with Gasteiger partial charge in [0.15, 0.2) is 15.0 Å². The number of anilines is 1. The van der Waals surface area contributed by atoms with E-state index in [2.05, 4.69) is 4.99 Å². The van der Waals surface area contributed by atoms with Crippen molar-refractivity contribution in [2.45, 2.75) is 24.0 Å². The van der Waals surface area contributed by atoms with Crippen molar-refractivity contribution < 1.29 is 21.6 Å². The van der Waals surface area contributed by atoms with Gasteiger partial charge in [0.25, 0.3) is 0 Å². The topological polar surface area (TPSA) is 49.7 Å². The fraction of sp³-hybridized carbons (Fsp3) is 0.316. The van der Waals surface area contributed by atoms with Crippen LogP contribution in [0.15, 0.2) is 53.5 Å². The van der Waals surface area contributed by atoms with Crippen LogP contribution in [0.3, 0.4) is 0 Å². The van der Waals surface area contributed by atoms with Gasteiger partial charge in [0.05, 0.1) is 39.9 Å². The molecular formula is C19H16ClF3N2O2S2. The number of rotatable bonds is 3. The number of fused-ring (bicyclic) bond motifs is 1. The quantitative estimate of drug-likeness (QED) is 0.670. The summed E-state index contributed by atoms with van der Waals surface area (Å²) in [5, 5.41) is 0.607. The molecule has 4 nitrogen and oxygen atoms in total. The monoisotopic (exact) mass is 460 g/mol. The molecule has 0 aromatic heterocycles. The Kier molecular flexibility index (Phi) is 5.33. The molecule has 2 heterocycles. The smallest absolute Gasteiger partial charge is 0.313 e. The Bertz CT molecular complexity index is 1060. The molecule has 0 N–H and O–H groups in total. The number of aliphatic imine (C=N–C) groups is 1. The highest BCUT2D eigenvalue weighted by atomic mass is 35.5. The van der Waals surface area contributed by atoms with E-state index in [1.165, 1.54) is 17.8 Å². The van der Waals surface area contributed by atoms with Gasteiger partial charge in [0.1, 0.15) is 0 Å². The first-order chi connectivity index (χ1) is 13.6. The minimum absolute atomic E-state index is 0.111. The van der Waals surface area contributed by atoms with E-state index in [4.69, 9.17) is 11.6 Å². The minimum Gasteiger partial charge on any atom is -0.313 e. The summed E-state index contributed by atoms with van der Waals surface area (Å²) in [6.45, 7) is 0. The average Bonchev–Trinajstić information content (AvgIpc) is 3.11. The van der Waals surface area contributed by atoms with E-state index in [1.807, 2.05) is 30.3 Å². The molecule has 10 heteroatoms. The van der Waals surface area contributed by atoms with Crippen LogP contribution in [0.4, 0.5) is 18.9 Å². The molecule has 1 fully saturated rings. The Labute approximate surface area is 175 Å². The molecule has 0 bridgehead atoms. The van der Waals surface area contributed by atoms with Gasteiger partial charge in [-0.1, -0.05) is 53.7 Å². The second-order valence-electron chi connectivity index (χ2n) is 6.93. The third-order valence-corrected chi connectivity index (χ3v) is 7.91. The molecule has 0 saturated carbocycles. The van der Waals surface area contributed by atoms with Crippen LogP contribution in [0.1, 0.15) is 11.1 Å². The first-order valence-corrected chi connectivity index (χ1v) is 11.9. The summed E-state index contributed by atoms with van der Waals surface area (Å²) >= 11 is 7.61. The SMILES string of the molecule is O=S1(=O)C[C@@H]2N=C(SCc3ccccc3)N(c3cc(C(F)(F)F)ccc3Cl)[C@H]2C1. The molecule has 4 rings (SSSR count). The number of hydrogen-bond acceptors (Lipinski definition) is 5. The van der Waals surface area contributed by atoms with Crippen LogP contribution in [0.25, 0.3) is 0 Å². The summed E-state index contributed by atoms with van der Waals surface area (Å²) in [5.41, 5.74) is 0.319. The maximum absolute atomic E-state index is 13.3. The Morgan fingerprint density at radius 3 is 2.55 bits per heavy atom. The van der Waals surface area contributed by atoms with Crippen LogP contribution in [-0.4, -0.2) is 37.2 Å². The summed E-state index contributed by atoms with van der Waals surface area (Å²) in [4.78, 5) is 6.11. The van der Waals surface area contributed by atoms with Crippen molar-refractivity contribution in [2.24, 2.45) is 4.99 Å². The zero-order valence-electron chi connectivity index (χ0n) is 14.9. The van der Waals surface area contributed by atoms with E-state index in [0.29, 0.717) is 10.9 Å². The summed E-state index contributed by atoms with van der Waals surface area (Å²) in [7, 11) is -3.31. The van der Waals surface area contributed by atoms with Crippen LogP contribution in [-0.2, 0) is 21.8 Å². The maximum atomic E-state index is 13.3. The van der Waals surface area contributed by atoms with Gasteiger partial charge >= 0.3 is 6.18 Å². The second kappa shape index (κ2) is 7.52. The molecule has 2 atom stereocenters. The molecule has 2 aromatic rings. The van der Waals surface area contributed by atoms with Crippen molar-refractivity contribution in [1.82, 2.24) is 0 Å². The Morgan fingerprint density at radius 2 is 1.86 bits per heavy atom. The maximum Gasteiger partial charge on any atom is 0.416 e. The number of benzene rings is 2. The normalized spacial score (nSPS) is 23.2. The van der Waals surface area contributed by atoms with Gasteiger partial charge < -0.3 is 4.90 Å². The van der Waals surface area contributed by atoms with Gasteiger partial charge in [0, 0.05) is 5.75 Å². The third-order valence-electron chi connectivity index (χ3n) is 4.85. The lowest BCUT2D eigenvalue weighted by Gasteiger charge is -2.28. The number of thioether (sulfide) groups is 1. The number of alkyl halides is 3. The van der Waals surface area contributed by atoms with Crippen molar-refractivity contribution in [3.05, 3.63) is 64.7 Å². The molecule has 0 radical (unpaired) electrons. The van der Waals surface area contributed by atoms with Crippen molar-refractivity contribution in [3.8, 4) is 0 Å². The molecule has 0 spiro atoms. The van der Waals surface area contributed by atoms with Crippen molar-refractivity contribution in [3.63, 3.8) is 0 Å². The van der Waals surface area contributed by atoms with Crippen LogP contribution < -0.4 is 4.90 Å². The van der Waals surface area contributed by atoms with Gasteiger partial charge in [-0.05, 0) is 23.8 Å². The van der Waals surface area contributed by atoms with E-state index in [9.17, 15) is 21.6 Å². The summed E-state index contributed by atoms with van der Waals surface area (Å²) in [6.07, 6.45) is -4.53. The summed E-state index contributed by atoms with van der Waals surface area (Å²) in [6, 6.07) is 11.6. The zero-order chi connectivity index (χ0) is 20.8. The molecule has 29 heavy (non-hydrogen) atoms.